The summed E-state index contributed by atoms with van der Waals surface area (Å²) in [5.41, 5.74) is 1.68. The van der Waals surface area contributed by atoms with E-state index in [4.69, 9.17) is 21.4 Å². The largest absolute Gasteiger partial charge is 0.493 e. The Morgan fingerprint density at radius 3 is 2.62 bits per heavy atom. The molecule has 0 atom stereocenters. The van der Waals surface area contributed by atoms with E-state index in [-0.39, 0.29) is 6.42 Å². The summed E-state index contributed by atoms with van der Waals surface area (Å²) in [6.45, 7) is 1.08. The van der Waals surface area contributed by atoms with Crippen molar-refractivity contribution in [1.29, 1.82) is 0 Å². The number of unbranched alkanes of at least 4 members (excludes halogenated alkanes) is 2. The molecule has 182 valence electrons. The van der Waals surface area contributed by atoms with Crippen molar-refractivity contribution in [3.05, 3.63) is 47.0 Å². The molecule has 5 nitrogen and oxygen atoms in total. The second-order valence-corrected chi connectivity index (χ2v) is 9.43. The minimum Gasteiger partial charge on any atom is -0.493 e. The van der Waals surface area contributed by atoms with Gasteiger partial charge < -0.3 is 14.4 Å². The van der Waals surface area contributed by atoms with Gasteiger partial charge >= 0.3 is 5.97 Å². The minimum absolute atomic E-state index is 0.140. The maximum Gasteiger partial charge on any atom is 0.303 e. The van der Waals surface area contributed by atoms with Crippen molar-refractivity contribution in [2.24, 2.45) is 5.92 Å². The third kappa shape index (κ3) is 5.87. The maximum atomic E-state index is 14.2. The van der Waals surface area contributed by atoms with E-state index in [1.807, 2.05) is 10.6 Å². The van der Waals surface area contributed by atoms with E-state index in [1.54, 1.807) is 12.1 Å². The second kappa shape index (κ2) is 11.2. The molecule has 1 heterocycles. The quantitative estimate of drug-likeness (QED) is 0.304. The molecule has 34 heavy (non-hydrogen) atoms. The molecule has 0 bridgehead atoms. The molecular formula is C26H29ClF2N2O3. The van der Waals surface area contributed by atoms with Crippen LogP contribution < -0.4 is 4.74 Å². The molecule has 1 aliphatic carbocycles. The van der Waals surface area contributed by atoms with Crippen LogP contribution in [0.5, 0.6) is 5.75 Å². The summed E-state index contributed by atoms with van der Waals surface area (Å²) in [5, 5.41) is 9.29. The fourth-order valence-electron chi connectivity index (χ4n) is 4.68. The topological polar surface area (TPSA) is 64.3 Å². The maximum absolute atomic E-state index is 14.2. The number of aliphatic carboxylic acids is 1. The van der Waals surface area contributed by atoms with Crippen LogP contribution in [0, 0.1) is 17.6 Å². The third-order valence-corrected chi connectivity index (χ3v) is 6.67. The van der Waals surface area contributed by atoms with Gasteiger partial charge in [0.1, 0.15) is 11.6 Å². The van der Waals surface area contributed by atoms with Gasteiger partial charge in [-0.15, -0.1) is 0 Å². The lowest BCUT2D eigenvalue weighted by molar-refractivity contribution is -0.137. The fourth-order valence-corrected chi connectivity index (χ4v) is 4.84. The highest BCUT2D eigenvalue weighted by molar-refractivity contribution is 6.30. The standard InChI is InChI=1S/C26H29ClF2N2O3/c27-18-10-11-19(24(13-18)34-12-6-2-5-9-25(32)33)26-30-22-14-20(28)21(29)15-23(22)31(26)16-17-7-3-1-4-8-17/h10-11,13-15,17H,1-9,12,16H2,(H,32,33). The van der Waals surface area contributed by atoms with Crippen molar-refractivity contribution >= 4 is 28.6 Å². The molecule has 0 unspecified atom stereocenters. The van der Waals surface area contributed by atoms with E-state index in [9.17, 15) is 13.6 Å². The summed E-state index contributed by atoms with van der Waals surface area (Å²) in [6.07, 6.45) is 7.95. The SMILES string of the molecule is O=C(O)CCCCCOc1cc(Cl)ccc1-c1nc2cc(F)c(F)cc2n1CC1CCCCC1. The molecule has 8 heteroatoms. The summed E-state index contributed by atoms with van der Waals surface area (Å²) < 4.78 is 36.2. The summed E-state index contributed by atoms with van der Waals surface area (Å²) >= 11 is 6.25. The Hall–Kier alpha value is -2.67. The van der Waals surface area contributed by atoms with Crippen molar-refractivity contribution < 1.29 is 23.4 Å². The van der Waals surface area contributed by atoms with Crippen molar-refractivity contribution in [3.8, 4) is 17.1 Å². The first-order valence-corrected chi connectivity index (χ1v) is 12.3. The second-order valence-electron chi connectivity index (χ2n) is 9.00. The van der Waals surface area contributed by atoms with Gasteiger partial charge in [0.2, 0.25) is 0 Å². The zero-order valence-electron chi connectivity index (χ0n) is 19.0. The Labute approximate surface area is 202 Å². The van der Waals surface area contributed by atoms with Gasteiger partial charge in [-0.1, -0.05) is 30.9 Å². The van der Waals surface area contributed by atoms with Gasteiger partial charge in [-0.05, 0) is 56.2 Å². The number of fused-ring (bicyclic) bond motifs is 1. The first kappa shape index (κ1) is 24.5. The normalized spacial score (nSPS) is 14.6. The summed E-state index contributed by atoms with van der Waals surface area (Å²) in [4.78, 5) is 15.4. The minimum atomic E-state index is -0.921. The number of carbonyl (C=O) groups is 1. The fraction of sp³-hybridized carbons (Fsp3) is 0.462. The van der Waals surface area contributed by atoms with Gasteiger partial charge in [-0.25, -0.2) is 13.8 Å². The molecule has 0 saturated heterocycles. The molecule has 3 aromatic rings. The van der Waals surface area contributed by atoms with E-state index in [0.29, 0.717) is 65.1 Å². The molecule has 2 aromatic carbocycles. The van der Waals surface area contributed by atoms with Crippen LogP contribution in [-0.2, 0) is 11.3 Å². The average molecular weight is 491 g/mol. The van der Waals surface area contributed by atoms with Crippen molar-refractivity contribution in [3.63, 3.8) is 0 Å². The third-order valence-electron chi connectivity index (χ3n) is 6.43. The first-order valence-electron chi connectivity index (χ1n) is 11.9. The number of imidazole rings is 1. The highest BCUT2D eigenvalue weighted by Gasteiger charge is 2.22. The molecule has 1 fully saturated rings. The van der Waals surface area contributed by atoms with Crippen LogP contribution >= 0.6 is 11.6 Å². The molecule has 0 spiro atoms. The Morgan fingerprint density at radius 1 is 1.09 bits per heavy atom. The monoisotopic (exact) mass is 490 g/mol. The smallest absolute Gasteiger partial charge is 0.303 e. The van der Waals surface area contributed by atoms with Crippen molar-refractivity contribution in [2.75, 3.05) is 6.61 Å². The summed E-state index contributed by atoms with van der Waals surface area (Å²) in [6, 6.07) is 7.67. The number of carboxylic acid groups (broad SMARTS) is 1. The summed E-state index contributed by atoms with van der Waals surface area (Å²) in [7, 11) is 0. The number of halogens is 3. The Balaban J connectivity index is 1.65. The molecule has 4 rings (SSSR count). The van der Waals surface area contributed by atoms with Gasteiger partial charge in [-0.3, -0.25) is 4.79 Å². The number of hydrogen-bond donors (Lipinski definition) is 1. The molecule has 1 aromatic heterocycles. The van der Waals surface area contributed by atoms with E-state index in [1.165, 1.54) is 25.3 Å². The van der Waals surface area contributed by atoms with Crippen LogP contribution in [0.25, 0.3) is 22.4 Å². The molecule has 1 N–H and O–H groups in total. The van der Waals surface area contributed by atoms with Crippen LogP contribution in [0.15, 0.2) is 30.3 Å². The molecule has 1 aliphatic rings. The lowest BCUT2D eigenvalue weighted by Crippen LogP contribution is -2.15. The molecule has 0 aliphatic heterocycles. The number of carboxylic acids is 1. The number of rotatable bonds is 10. The highest BCUT2D eigenvalue weighted by Crippen LogP contribution is 2.36. The van der Waals surface area contributed by atoms with Crippen LogP contribution in [-0.4, -0.2) is 27.2 Å². The number of ether oxygens (including phenoxy) is 1. The Kier molecular flexibility index (Phi) is 8.03. The zero-order chi connectivity index (χ0) is 24.1. The van der Waals surface area contributed by atoms with Crippen molar-refractivity contribution in [2.45, 2.75) is 64.3 Å². The van der Waals surface area contributed by atoms with Crippen LogP contribution in [0.3, 0.4) is 0 Å². The summed E-state index contributed by atoms with van der Waals surface area (Å²) in [5.74, 6) is -1.02. The Morgan fingerprint density at radius 2 is 1.85 bits per heavy atom. The van der Waals surface area contributed by atoms with Gasteiger partial charge in [0.05, 0.1) is 23.2 Å². The number of hydrogen-bond acceptors (Lipinski definition) is 3. The number of benzene rings is 2. The molecule has 0 amide bonds. The van der Waals surface area contributed by atoms with Crippen LogP contribution in [0.4, 0.5) is 8.78 Å². The van der Waals surface area contributed by atoms with E-state index < -0.39 is 17.6 Å². The number of nitrogens with zero attached hydrogens (tertiary/aromatic N) is 2. The van der Waals surface area contributed by atoms with Crippen molar-refractivity contribution in [1.82, 2.24) is 9.55 Å². The highest BCUT2D eigenvalue weighted by atomic mass is 35.5. The average Bonchev–Trinajstić information content (AvgIpc) is 3.13. The zero-order valence-corrected chi connectivity index (χ0v) is 19.8. The molecule has 1 saturated carbocycles. The van der Waals surface area contributed by atoms with Crippen LogP contribution in [0.2, 0.25) is 5.02 Å². The van der Waals surface area contributed by atoms with E-state index in [0.717, 1.165) is 25.3 Å². The van der Waals surface area contributed by atoms with Gasteiger partial charge in [0, 0.05) is 30.1 Å². The predicted octanol–water partition coefficient (Wildman–Crippen LogP) is 7.24. The predicted molar refractivity (Wildman–Crippen MR) is 128 cm³/mol. The first-order chi connectivity index (χ1) is 16.4. The number of aromatic nitrogens is 2. The molecule has 0 radical (unpaired) electrons. The lowest BCUT2D eigenvalue weighted by Gasteiger charge is -2.23. The van der Waals surface area contributed by atoms with Gasteiger partial charge in [-0.2, -0.15) is 0 Å². The lowest BCUT2D eigenvalue weighted by atomic mass is 9.89. The van der Waals surface area contributed by atoms with E-state index in [2.05, 4.69) is 4.98 Å². The molecular weight excluding hydrogens is 462 g/mol. The Bertz CT molecular complexity index is 1160. The van der Waals surface area contributed by atoms with E-state index >= 15 is 0 Å². The van der Waals surface area contributed by atoms with Gasteiger partial charge in [0.15, 0.2) is 11.6 Å². The van der Waals surface area contributed by atoms with Gasteiger partial charge in [0.25, 0.3) is 0 Å². The van der Waals surface area contributed by atoms with Crippen LogP contribution in [0.1, 0.15) is 57.8 Å².